The summed E-state index contributed by atoms with van der Waals surface area (Å²) in [6.45, 7) is 1.01. The number of halogens is 1. The molecule has 8 heteroatoms. The average Bonchev–Trinajstić information content (AvgIpc) is 3.28. The van der Waals surface area contributed by atoms with E-state index < -0.39 is 0 Å². The Hall–Kier alpha value is -2.61. The molecule has 1 N–H and O–H groups in total. The fourth-order valence-corrected chi connectivity index (χ4v) is 4.75. The van der Waals surface area contributed by atoms with E-state index in [9.17, 15) is 4.79 Å². The maximum absolute atomic E-state index is 12.7. The molecule has 6 nitrogen and oxygen atoms in total. The van der Waals surface area contributed by atoms with Gasteiger partial charge < -0.3 is 14.8 Å². The Bertz CT molecular complexity index is 1020. The summed E-state index contributed by atoms with van der Waals surface area (Å²) in [7, 11) is 3.28. The van der Waals surface area contributed by atoms with Crippen LogP contribution < -0.4 is 14.8 Å². The molecule has 0 bridgehead atoms. The summed E-state index contributed by atoms with van der Waals surface area (Å²) >= 11 is 7.55. The van der Waals surface area contributed by atoms with Crippen LogP contribution in [0.2, 0.25) is 5.02 Å². The molecule has 1 unspecified atom stereocenters. The third-order valence-electron chi connectivity index (χ3n) is 5.13. The van der Waals surface area contributed by atoms with Crippen LogP contribution in [0.4, 0.5) is 5.82 Å². The molecule has 0 radical (unpaired) electrons. The van der Waals surface area contributed by atoms with Crippen LogP contribution in [0.5, 0.6) is 11.5 Å². The molecule has 3 aromatic rings. The second-order valence-electron chi connectivity index (χ2n) is 6.95. The van der Waals surface area contributed by atoms with E-state index in [-0.39, 0.29) is 18.5 Å². The predicted octanol–water partition coefficient (Wildman–Crippen LogP) is 4.40. The number of methoxy groups -OCH3 is 2. The van der Waals surface area contributed by atoms with Crippen molar-refractivity contribution in [2.75, 3.05) is 32.6 Å². The highest BCUT2D eigenvalue weighted by Crippen LogP contribution is 2.42. The number of carbonyl (C=O) groups is 1. The zero-order chi connectivity index (χ0) is 21.1. The lowest BCUT2D eigenvalue weighted by molar-refractivity contribution is -0.117. The molecular formula is C22H22ClN3O3S. The van der Waals surface area contributed by atoms with Crippen molar-refractivity contribution in [1.82, 2.24) is 9.88 Å². The number of amides is 1. The minimum Gasteiger partial charge on any atom is -0.493 e. The molecule has 0 fully saturated rings. The average molecular weight is 444 g/mol. The van der Waals surface area contributed by atoms with Gasteiger partial charge in [0, 0.05) is 17.6 Å². The van der Waals surface area contributed by atoms with E-state index in [0.29, 0.717) is 16.6 Å². The van der Waals surface area contributed by atoms with Gasteiger partial charge in [0.05, 0.1) is 31.8 Å². The smallest absolute Gasteiger partial charge is 0.239 e. The van der Waals surface area contributed by atoms with Crippen molar-refractivity contribution >= 4 is 34.7 Å². The van der Waals surface area contributed by atoms with Crippen molar-refractivity contribution in [3.05, 3.63) is 69.0 Å². The van der Waals surface area contributed by atoms with Crippen LogP contribution in [0.25, 0.3) is 0 Å². The molecule has 4 rings (SSSR count). The number of hydrogen-bond donors (Lipinski definition) is 1. The van der Waals surface area contributed by atoms with Gasteiger partial charge in [-0.1, -0.05) is 17.7 Å². The summed E-state index contributed by atoms with van der Waals surface area (Å²) in [5.74, 6) is 1.78. The number of carbonyl (C=O) groups excluding carboxylic acids is 1. The number of anilines is 1. The van der Waals surface area contributed by atoms with E-state index in [0.717, 1.165) is 24.3 Å². The summed E-state index contributed by atoms with van der Waals surface area (Å²) in [6.07, 6.45) is 2.34. The molecular weight excluding hydrogens is 422 g/mol. The van der Waals surface area contributed by atoms with Gasteiger partial charge in [0.25, 0.3) is 0 Å². The summed E-state index contributed by atoms with van der Waals surface area (Å²) in [6, 6.07) is 11.6. The van der Waals surface area contributed by atoms with Crippen LogP contribution in [0.1, 0.15) is 22.0 Å². The van der Waals surface area contributed by atoms with Gasteiger partial charge >= 0.3 is 0 Å². The van der Waals surface area contributed by atoms with E-state index in [2.05, 4.69) is 26.6 Å². The first-order valence-corrected chi connectivity index (χ1v) is 10.8. The second-order valence-corrected chi connectivity index (χ2v) is 8.37. The number of benzene rings is 1. The van der Waals surface area contributed by atoms with Crippen LogP contribution in [0.15, 0.2) is 48.0 Å². The Morgan fingerprint density at radius 3 is 2.73 bits per heavy atom. The molecule has 156 valence electrons. The van der Waals surface area contributed by atoms with Gasteiger partial charge in [0.15, 0.2) is 11.5 Å². The summed E-state index contributed by atoms with van der Waals surface area (Å²) in [5, 5.41) is 5.44. The van der Waals surface area contributed by atoms with Crippen LogP contribution >= 0.6 is 22.9 Å². The van der Waals surface area contributed by atoms with E-state index in [1.807, 2.05) is 18.2 Å². The minimum absolute atomic E-state index is 0.0301. The lowest BCUT2D eigenvalue weighted by atomic mass is 9.91. The first-order valence-electron chi connectivity index (χ1n) is 9.52. The molecule has 0 saturated heterocycles. The number of fused-ring (bicyclic) bond motifs is 1. The first-order chi connectivity index (χ1) is 14.6. The third kappa shape index (κ3) is 4.28. The number of thiophene rings is 1. The van der Waals surface area contributed by atoms with Crippen LogP contribution in [-0.4, -0.2) is 43.1 Å². The largest absolute Gasteiger partial charge is 0.493 e. The fourth-order valence-electron chi connectivity index (χ4n) is 3.76. The molecule has 0 spiro atoms. The van der Waals surface area contributed by atoms with E-state index in [4.69, 9.17) is 21.1 Å². The number of rotatable bonds is 6. The molecule has 1 atom stereocenters. The molecule has 2 aromatic heterocycles. The van der Waals surface area contributed by atoms with Crippen LogP contribution in [0.3, 0.4) is 0 Å². The molecule has 30 heavy (non-hydrogen) atoms. The van der Waals surface area contributed by atoms with Gasteiger partial charge in [-0.05, 0) is 53.3 Å². The number of pyridine rings is 1. The first kappa shape index (κ1) is 20.7. The Morgan fingerprint density at radius 2 is 2.07 bits per heavy atom. The van der Waals surface area contributed by atoms with Gasteiger partial charge in [-0.25, -0.2) is 4.98 Å². The standard InChI is InChI=1S/C22H22ClN3O3S/c1-28-17-10-14-7-8-26(13-21(27)25-20-6-5-15(23)12-24-20)22(19-4-3-9-30-19)16(14)11-18(17)29-2/h3-6,9-12,22H,7-8,13H2,1-2H3,(H,24,25,27). The predicted molar refractivity (Wildman–Crippen MR) is 119 cm³/mol. The summed E-state index contributed by atoms with van der Waals surface area (Å²) in [4.78, 5) is 20.3. The Morgan fingerprint density at radius 1 is 1.27 bits per heavy atom. The monoisotopic (exact) mass is 443 g/mol. The fraction of sp³-hybridized carbons (Fsp3) is 0.273. The number of hydrogen-bond acceptors (Lipinski definition) is 6. The summed E-state index contributed by atoms with van der Waals surface area (Å²) < 4.78 is 11.0. The minimum atomic E-state index is -0.115. The zero-order valence-corrected chi connectivity index (χ0v) is 18.3. The van der Waals surface area contributed by atoms with Crippen molar-refractivity contribution in [3.63, 3.8) is 0 Å². The lowest BCUT2D eigenvalue weighted by Gasteiger charge is -2.36. The maximum atomic E-state index is 12.7. The molecule has 0 aliphatic carbocycles. The Balaban J connectivity index is 1.62. The normalized spacial score (nSPS) is 16.0. The summed E-state index contributed by atoms with van der Waals surface area (Å²) in [5.41, 5.74) is 2.35. The SMILES string of the molecule is COc1cc2c(cc1OC)C(c1cccs1)N(CC(=O)Nc1ccc(Cl)cn1)CC2. The molecule has 1 amide bonds. The molecule has 0 saturated carbocycles. The highest BCUT2D eigenvalue weighted by molar-refractivity contribution is 7.10. The number of ether oxygens (including phenoxy) is 2. The number of aromatic nitrogens is 1. The zero-order valence-electron chi connectivity index (χ0n) is 16.7. The number of nitrogens with zero attached hydrogens (tertiary/aromatic N) is 2. The lowest BCUT2D eigenvalue weighted by Crippen LogP contribution is -2.41. The number of nitrogens with one attached hydrogen (secondary N) is 1. The second kappa shape index (κ2) is 9.04. The third-order valence-corrected chi connectivity index (χ3v) is 6.28. The highest BCUT2D eigenvalue weighted by Gasteiger charge is 2.32. The topological polar surface area (TPSA) is 63.7 Å². The van der Waals surface area contributed by atoms with Gasteiger partial charge in [-0.3, -0.25) is 9.69 Å². The van der Waals surface area contributed by atoms with Gasteiger partial charge in [-0.2, -0.15) is 0 Å². The maximum Gasteiger partial charge on any atom is 0.239 e. The van der Waals surface area contributed by atoms with E-state index in [1.54, 1.807) is 37.7 Å². The van der Waals surface area contributed by atoms with Crippen LogP contribution in [0, 0.1) is 0 Å². The van der Waals surface area contributed by atoms with Gasteiger partial charge in [-0.15, -0.1) is 11.3 Å². The van der Waals surface area contributed by atoms with Crippen molar-refractivity contribution in [2.45, 2.75) is 12.5 Å². The quantitative estimate of drug-likeness (QED) is 0.611. The Kier molecular flexibility index (Phi) is 6.22. The molecule has 1 aliphatic rings. The van der Waals surface area contributed by atoms with Crippen molar-refractivity contribution < 1.29 is 14.3 Å². The van der Waals surface area contributed by atoms with E-state index in [1.165, 1.54) is 16.6 Å². The van der Waals surface area contributed by atoms with Crippen molar-refractivity contribution in [3.8, 4) is 11.5 Å². The Labute approximate surface area is 184 Å². The molecule has 3 heterocycles. The van der Waals surface area contributed by atoms with Gasteiger partial charge in [0.1, 0.15) is 5.82 Å². The van der Waals surface area contributed by atoms with Gasteiger partial charge in [0.2, 0.25) is 5.91 Å². The van der Waals surface area contributed by atoms with Crippen LogP contribution in [-0.2, 0) is 11.2 Å². The molecule has 1 aromatic carbocycles. The van der Waals surface area contributed by atoms with E-state index >= 15 is 0 Å². The van der Waals surface area contributed by atoms with Crippen molar-refractivity contribution in [1.29, 1.82) is 0 Å². The highest BCUT2D eigenvalue weighted by atomic mass is 35.5. The molecule has 1 aliphatic heterocycles. The van der Waals surface area contributed by atoms with Crippen molar-refractivity contribution in [2.24, 2.45) is 0 Å².